The van der Waals surface area contributed by atoms with Gasteiger partial charge in [0, 0.05) is 31.2 Å². The fraction of sp³-hybridized carbons (Fsp3) is 0.250. The van der Waals surface area contributed by atoms with Gasteiger partial charge in [-0.2, -0.15) is 0 Å². The number of anilines is 1. The van der Waals surface area contributed by atoms with Gasteiger partial charge in [0.15, 0.2) is 0 Å². The molecule has 6 nitrogen and oxygen atoms in total. The molecule has 1 saturated carbocycles. The van der Waals surface area contributed by atoms with Crippen molar-refractivity contribution < 1.29 is 9.47 Å². The molecule has 0 bridgehead atoms. The number of hydrogen-bond acceptors (Lipinski definition) is 5. The minimum Gasteiger partial charge on any atom is -0.497 e. The summed E-state index contributed by atoms with van der Waals surface area (Å²) in [7, 11) is 1.67. The first kappa shape index (κ1) is 18.5. The molecule has 5 rings (SSSR count). The molecule has 30 heavy (non-hydrogen) atoms. The van der Waals surface area contributed by atoms with E-state index >= 15 is 0 Å². The zero-order valence-electron chi connectivity index (χ0n) is 16.9. The summed E-state index contributed by atoms with van der Waals surface area (Å²) in [6, 6.07) is 16.0. The Morgan fingerprint density at radius 1 is 1.03 bits per heavy atom. The number of methoxy groups -OCH3 is 1. The van der Waals surface area contributed by atoms with Gasteiger partial charge < -0.3 is 19.2 Å². The molecule has 3 heterocycles. The highest BCUT2D eigenvalue weighted by Crippen LogP contribution is 2.39. The van der Waals surface area contributed by atoms with Gasteiger partial charge in [-0.05, 0) is 54.2 Å². The van der Waals surface area contributed by atoms with Crippen LogP contribution in [0.5, 0.6) is 11.5 Å². The van der Waals surface area contributed by atoms with Crippen molar-refractivity contribution in [2.45, 2.75) is 31.9 Å². The number of benzene rings is 1. The summed E-state index contributed by atoms with van der Waals surface area (Å²) in [6.45, 7) is 1.10. The highest BCUT2D eigenvalue weighted by Gasteiger charge is 2.23. The monoisotopic (exact) mass is 400 g/mol. The second-order valence-electron chi connectivity index (χ2n) is 7.60. The first-order valence-electron chi connectivity index (χ1n) is 10.2. The van der Waals surface area contributed by atoms with Crippen LogP contribution in [0.25, 0.3) is 5.65 Å². The molecule has 1 aliphatic rings. The van der Waals surface area contributed by atoms with Crippen LogP contribution in [0, 0.1) is 0 Å². The molecule has 152 valence electrons. The Hall–Kier alpha value is -3.54. The molecule has 1 N–H and O–H groups in total. The van der Waals surface area contributed by atoms with Crippen LogP contribution in [0.1, 0.15) is 35.6 Å². The van der Waals surface area contributed by atoms with Gasteiger partial charge in [-0.3, -0.25) is 0 Å². The average Bonchev–Trinajstić information content (AvgIpc) is 3.56. The van der Waals surface area contributed by atoms with E-state index in [2.05, 4.69) is 38.0 Å². The summed E-state index contributed by atoms with van der Waals surface area (Å²) in [4.78, 5) is 9.03. The molecule has 1 aromatic carbocycles. The standard InChI is InChI=1S/C24H24N4O2/c1-29-21-7-2-17(3-8-21)13-26-23-12-22(10-11-25-23)30-16-20-15-28-14-19(18-4-5-18)6-9-24(28)27-20/h2-3,6-12,14-15,18H,4-5,13,16H2,1H3,(H,25,26). The molecule has 1 aliphatic carbocycles. The van der Waals surface area contributed by atoms with Crippen molar-refractivity contribution in [3.8, 4) is 11.5 Å². The molecular formula is C24H24N4O2. The van der Waals surface area contributed by atoms with Crippen LogP contribution in [-0.2, 0) is 13.2 Å². The highest BCUT2D eigenvalue weighted by atomic mass is 16.5. The van der Waals surface area contributed by atoms with Crippen LogP contribution < -0.4 is 14.8 Å². The summed E-state index contributed by atoms with van der Waals surface area (Å²) in [5.41, 5.74) is 4.41. The van der Waals surface area contributed by atoms with E-state index in [0.717, 1.165) is 40.1 Å². The maximum Gasteiger partial charge on any atom is 0.137 e. The first-order chi connectivity index (χ1) is 14.8. The Morgan fingerprint density at radius 3 is 2.70 bits per heavy atom. The summed E-state index contributed by atoms with van der Waals surface area (Å²) in [5.74, 6) is 3.12. The summed E-state index contributed by atoms with van der Waals surface area (Å²) >= 11 is 0. The van der Waals surface area contributed by atoms with E-state index in [4.69, 9.17) is 9.47 Å². The summed E-state index contributed by atoms with van der Waals surface area (Å²) < 4.78 is 13.3. The van der Waals surface area contributed by atoms with E-state index in [-0.39, 0.29) is 0 Å². The number of nitrogens with zero attached hydrogens (tertiary/aromatic N) is 3. The Balaban J connectivity index is 1.20. The summed E-state index contributed by atoms with van der Waals surface area (Å²) in [5, 5.41) is 3.33. The minimum atomic E-state index is 0.419. The lowest BCUT2D eigenvalue weighted by atomic mass is 10.2. The molecule has 0 saturated heterocycles. The van der Waals surface area contributed by atoms with Crippen LogP contribution in [0.2, 0.25) is 0 Å². The van der Waals surface area contributed by atoms with Crippen molar-refractivity contribution in [1.82, 2.24) is 14.4 Å². The van der Waals surface area contributed by atoms with E-state index < -0.39 is 0 Å². The topological polar surface area (TPSA) is 60.7 Å². The molecule has 0 spiro atoms. The van der Waals surface area contributed by atoms with Crippen LogP contribution in [-0.4, -0.2) is 21.5 Å². The van der Waals surface area contributed by atoms with E-state index in [1.54, 1.807) is 13.3 Å². The van der Waals surface area contributed by atoms with Gasteiger partial charge in [-0.25, -0.2) is 9.97 Å². The van der Waals surface area contributed by atoms with Crippen LogP contribution >= 0.6 is 0 Å². The zero-order chi connectivity index (χ0) is 20.3. The second-order valence-corrected chi connectivity index (χ2v) is 7.60. The van der Waals surface area contributed by atoms with Gasteiger partial charge >= 0.3 is 0 Å². The summed E-state index contributed by atoms with van der Waals surface area (Å²) in [6.07, 6.45) is 8.58. The van der Waals surface area contributed by atoms with Crippen LogP contribution in [0.15, 0.2) is 67.1 Å². The van der Waals surface area contributed by atoms with E-state index in [0.29, 0.717) is 13.2 Å². The van der Waals surface area contributed by atoms with Gasteiger partial charge in [0.05, 0.1) is 12.8 Å². The lowest BCUT2D eigenvalue weighted by Crippen LogP contribution is -2.02. The molecule has 0 amide bonds. The van der Waals surface area contributed by atoms with Gasteiger partial charge in [0.1, 0.15) is 29.6 Å². The molecule has 1 fully saturated rings. The third kappa shape index (κ3) is 4.22. The van der Waals surface area contributed by atoms with Crippen LogP contribution in [0.3, 0.4) is 0 Å². The first-order valence-corrected chi connectivity index (χ1v) is 10.2. The quantitative estimate of drug-likeness (QED) is 0.460. The highest BCUT2D eigenvalue weighted by molar-refractivity contribution is 5.44. The molecule has 0 unspecified atom stereocenters. The van der Waals surface area contributed by atoms with Crippen LogP contribution in [0.4, 0.5) is 5.82 Å². The van der Waals surface area contributed by atoms with E-state index in [1.807, 2.05) is 42.6 Å². The van der Waals surface area contributed by atoms with Gasteiger partial charge in [-0.15, -0.1) is 0 Å². The van der Waals surface area contributed by atoms with Crippen molar-refractivity contribution in [2.75, 3.05) is 12.4 Å². The third-order valence-electron chi connectivity index (χ3n) is 5.32. The van der Waals surface area contributed by atoms with Crippen molar-refractivity contribution in [2.24, 2.45) is 0 Å². The lowest BCUT2D eigenvalue weighted by Gasteiger charge is -2.09. The molecule has 4 aromatic rings. The van der Waals surface area contributed by atoms with Crippen molar-refractivity contribution in [3.05, 3.63) is 83.9 Å². The second kappa shape index (κ2) is 8.06. The molecular weight excluding hydrogens is 376 g/mol. The minimum absolute atomic E-state index is 0.419. The van der Waals surface area contributed by atoms with Gasteiger partial charge in [0.2, 0.25) is 0 Å². The fourth-order valence-corrected chi connectivity index (χ4v) is 3.48. The lowest BCUT2D eigenvalue weighted by molar-refractivity contribution is 0.302. The molecule has 3 aromatic heterocycles. The number of ether oxygens (including phenoxy) is 2. The normalized spacial score (nSPS) is 13.4. The number of rotatable bonds is 8. The Bertz CT molecular complexity index is 1150. The molecule has 0 atom stereocenters. The van der Waals surface area contributed by atoms with Crippen molar-refractivity contribution in [1.29, 1.82) is 0 Å². The number of imidazole rings is 1. The SMILES string of the molecule is COc1ccc(CNc2cc(OCc3cn4cc(C5CC5)ccc4n3)ccn2)cc1. The maximum atomic E-state index is 5.96. The van der Waals surface area contributed by atoms with Gasteiger partial charge in [0.25, 0.3) is 0 Å². The van der Waals surface area contributed by atoms with E-state index in [1.165, 1.54) is 18.4 Å². The third-order valence-corrected chi connectivity index (χ3v) is 5.32. The number of pyridine rings is 2. The Kier molecular flexibility index (Phi) is 4.97. The van der Waals surface area contributed by atoms with Crippen molar-refractivity contribution >= 4 is 11.5 Å². The number of hydrogen-bond donors (Lipinski definition) is 1. The van der Waals surface area contributed by atoms with Gasteiger partial charge in [-0.1, -0.05) is 18.2 Å². The Morgan fingerprint density at radius 2 is 1.90 bits per heavy atom. The van der Waals surface area contributed by atoms with Crippen molar-refractivity contribution in [3.63, 3.8) is 0 Å². The number of fused-ring (bicyclic) bond motifs is 1. The molecule has 0 radical (unpaired) electrons. The number of aromatic nitrogens is 3. The predicted octanol–water partition coefficient (Wildman–Crippen LogP) is 4.81. The fourth-order valence-electron chi connectivity index (χ4n) is 3.48. The zero-order valence-corrected chi connectivity index (χ0v) is 16.9. The Labute approximate surface area is 175 Å². The maximum absolute atomic E-state index is 5.96. The smallest absolute Gasteiger partial charge is 0.137 e. The molecule has 0 aliphatic heterocycles. The molecule has 6 heteroatoms. The number of nitrogens with one attached hydrogen (secondary N) is 1. The van der Waals surface area contributed by atoms with E-state index in [9.17, 15) is 0 Å². The predicted molar refractivity (Wildman–Crippen MR) is 116 cm³/mol. The largest absolute Gasteiger partial charge is 0.497 e. The average molecular weight is 400 g/mol.